The van der Waals surface area contributed by atoms with Gasteiger partial charge in [-0.25, -0.2) is 4.98 Å². The Balaban J connectivity index is 1.34. The van der Waals surface area contributed by atoms with E-state index in [1.54, 1.807) is 12.1 Å². The molecule has 3 aromatic rings. The molecule has 2 heterocycles. The number of piperidine rings is 1. The number of fused-ring (bicyclic) bond motifs is 1. The van der Waals surface area contributed by atoms with Gasteiger partial charge < -0.3 is 19.9 Å². The van der Waals surface area contributed by atoms with Crippen LogP contribution in [0.1, 0.15) is 18.4 Å². The van der Waals surface area contributed by atoms with Gasteiger partial charge in [0.1, 0.15) is 11.6 Å². The number of rotatable bonds is 7. The highest BCUT2D eigenvalue weighted by Crippen LogP contribution is 2.30. The molecule has 4 rings (SSSR count). The number of benzene rings is 2. The fourth-order valence-corrected chi connectivity index (χ4v) is 4.51. The zero-order valence-electron chi connectivity index (χ0n) is 19.1. The molecule has 182 valence electrons. The van der Waals surface area contributed by atoms with Crippen molar-refractivity contribution in [1.29, 1.82) is 0 Å². The van der Waals surface area contributed by atoms with Gasteiger partial charge in [-0.3, -0.25) is 0 Å². The number of nitrogens with one attached hydrogen (secondary N) is 1. The molecule has 0 bridgehead atoms. The molecule has 0 amide bonds. The Morgan fingerprint density at radius 1 is 1.12 bits per heavy atom. The summed E-state index contributed by atoms with van der Waals surface area (Å²) < 4.78 is 42.9. The summed E-state index contributed by atoms with van der Waals surface area (Å²) in [5.41, 5.74) is 1.39. The fraction of sp³-hybridized carbons (Fsp3) is 0.417. The third-order valence-corrected chi connectivity index (χ3v) is 6.39. The van der Waals surface area contributed by atoms with Crippen molar-refractivity contribution >= 4 is 38.6 Å². The van der Waals surface area contributed by atoms with Crippen LogP contribution in [0.5, 0.6) is 5.75 Å². The van der Waals surface area contributed by atoms with Crippen molar-refractivity contribution < 1.29 is 17.9 Å². The number of halogens is 4. The Morgan fingerprint density at radius 2 is 1.85 bits per heavy atom. The van der Waals surface area contributed by atoms with Crippen LogP contribution >= 0.6 is 15.9 Å². The van der Waals surface area contributed by atoms with Gasteiger partial charge >= 0.3 is 6.36 Å². The van der Waals surface area contributed by atoms with Crippen molar-refractivity contribution in [3.63, 3.8) is 0 Å². The van der Waals surface area contributed by atoms with E-state index in [0.29, 0.717) is 22.5 Å². The van der Waals surface area contributed by atoms with Crippen molar-refractivity contribution in [2.75, 3.05) is 43.5 Å². The number of hydrogen-bond donors (Lipinski definition) is 1. The monoisotopic (exact) mass is 537 g/mol. The van der Waals surface area contributed by atoms with E-state index in [0.717, 1.165) is 55.1 Å². The number of para-hydroxylation sites is 1. The summed E-state index contributed by atoms with van der Waals surface area (Å²) in [7, 11) is 3.96. The van der Waals surface area contributed by atoms with Gasteiger partial charge in [0.15, 0.2) is 0 Å². The van der Waals surface area contributed by atoms with Crippen LogP contribution < -0.4 is 19.9 Å². The number of alkyl halides is 3. The molecule has 0 spiro atoms. The Kier molecular flexibility index (Phi) is 7.47. The van der Waals surface area contributed by atoms with Gasteiger partial charge in [0, 0.05) is 49.2 Å². The van der Waals surface area contributed by atoms with Crippen LogP contribution in [-0.2, 0) is 6.54 Å². The molecule has 1 saturated heterocycles. The Hall–Kier alpha value is -2.59. The molecule has 6 nitrogen and oxygen atoms in total. The Labute approximate surface area is 205 Å². The number of aromatic nitrogens is 2. The van der Waals surface area contributed by atoms with Crippen LogP contribution in [-0.4, -0.2) is 50.1 Å². The molecule has 10 heteroatoms. The highest BCUT2D eigenvalue weighted by Gasteiger charge is 2.32. The van der Waals surface area contributed by atoms with Crippen molar-refractivity contribution in [2.24, 2.45) is 5.92 Å². The van der Waals surface area contributed by atoms with E-state index < -0.39 is 6.36 Å². The number of nitrogens with zero attached hydrogens (tertiary/aromatic N) is 4. The highest BCUT2D eigenvalue weighted by molar-refractivity contribution is 9.10. The zero-order valence-corrected chi connectivity index (χ0v) is 20.7. The molecule has 0 radical (unpaired) electrons. The third kappa shape index (κ3) is 6.09. The van der Waals surface area contributed by atoms with Gasteiger partial charge in [0.05, 0.1) is 5.52 Å². The van der Waals surface area contributed by atoms with Crippen LogP contribution in [0.15, 0.2) is 46.9 Å². The lowest BCUT2D eigenvalue weighted by Crippen LogP contribution is -2.38. The maximum Gasteiger partial charge on any atom is 0.573 e. The predicted octanol–water partition coefficient (Wildman–Crippen LogP) is 5.36. The van der Waals surface area contributed by atoms with Crippen molar-refractivity contribution in [3.05, 3.63) is 52.5 Å². The number of ether oxygens (including phenoxy) is 1. The Bertz CT molecular complexity index is 1130. The molecule has 1 fully saturated rings. The summed E-state index contributed by atoms with van der Waals surface area (Å²) in [6, 6.07) is 12.7. The SMILES string of the molecule is CN(C)c1nc(N2CCC(CNCc3ccc(Br)cc3OC(F)(F)F)CC2)nc2ccccc12. The summed E-state index contributed by atoms with van der Waals surface area (Å²) >= 11 is 3.20. The second-order valence-electron chi connectivity index (χ2n) is 8.62. The van der Waals surface area contributed by atoms with E-state index in [-0.39, 0.29) is 5.75 Å². The lowest BCUT2D eigenvalue weighted by atomic mass is 9.97. The predicted molar refractivity (Wildman–Crippen MR) is 131 cm³/mol. The van der Waals surface area contributed by atoms with Crippen molar-refractivity contribution in [2.45, 2.75) is 25.7 Å². The molecule has 1 aromatic heterocycles. The molecule has 1 N–H and O–H groups in total. The van der Waals surface area contributed by atoms with Gasteiger partial charge in [0.2, 0.25) is 5.95 Å². The molecule has 1 aliphatic rings. The van der Waals surface area contributed by atoms with Gasteiger partial charge in [-0.1, -0.05) is 34.1 Å². The molecular weight excluding hydrogens is 511 g/mol. The topological polar surface area (TPSA) is 53.5 Å². The van der Waals surface area contributed by atoms with Crippen LogP contribution in [0.25, 0.3) is 10.9 Å². The largest absolute Gasteiger partial charge is 0.573 e. The van der Waals surface area contributed by atoms with Gasteiger partial charge in [-0.05, 0) is 49.6 Å². The second-order valence-corrected chi connectivity index (χ2v) is 9.54. The first kappa shape index (κ1) is 24.5. The van der Waals surface area contributed by atoms with Crippen LogP contribution in [0.4, 0.5) is 24.9 Å². The van der Waals surface area contributed by atoms with Crippen LogP contribution in [0.2, 0.25) is 0 Å². The zero-order chi connectivity index (χ0) is 24.3. The second kappa shape index (κ2) is 10.4. The van der Waals surface area contributed by atoms with Crippen LogP contribution in [0.3, 0.4) is 0 Å². The molecule has 0 aliphatic carbocycles. The molecule has 2 aromatic carbocycles. The molecule has 1 aliphatic heterocycles. The Morgan fingerprint density at radius 3 is 2.56 bits per heavy atom. The van der Waals surface area contributed by atoms with Gasteiger partial charge in [-0.15, -0.1) is 13.2 Å². The van der Waals surface area contributed by atoms with E-state index in [1.165, 1.54) is 6.07 Å². The van der Waals surface area contributed by atoms with E-state index in [9.17, 15) is 13.2 Å². The van der Waals surface area contributed by atoms with Crippen molar-refractivity contribution in [1.82, 2.24) is 15.3 Å². The molecule has 34 heavy (non-hydrogen) atoms. The molecule has 0 unspecified atom stereocenters. The highest BCUT2D eigenvalue weighted by atomic mass is 79.9. The lowest BCUT2D eigenvalue weighted by Gasteiger charge is -2.32. The summed E-state index contributed by atoms with van der Waals surface area (Å²) in [5, 5.41) is 4.33. The van der Waals surface area contributed by atoms with E-state index >= 15 is 0 Å². The summed E-state index contributed by atoms with van der Waals surface area (Å²) in [6.45, 7) is 2.69. The molecule has 0 saturated carbocycles. The summed E-state index contributed by atoms with van der Waals surface area (Å²) in [5.74, 6) is 1.87. The van der Waals surface area contributed by atoms with E-state index in [2.05, 4.69) is 30.9 Å². The standard InChI is InChI=1S/C24H27BrF3N5O/c1-32(2)22-19-5-3-4-6-20(19)30-23(31-22)33-11-9-16(10-12-33)14-29-15-17-7-8-18(25)13-21(17)34-24(26,27)28/h3-8,13,16,29H,9-12,14-15H2,1-2H3. The minimum atomic E-state index is -4.72. The quantitative estimate of drug-likeness (QED) is 0.437. The van der Waals surface area contributed by atoms with Gasteiger partial charge in [-0.2, -0.15) is 4.98 Å². The van der Waals surface area contributed by atoms with E-state index in [1.807, 2.05) is 43.3 Å². The first-order valence-corrected chi connectivity index (χ1v) is 11.9. The first-order chi connectivity index (χ1) is 16.2. The summed E-state index contributed by atoms with van der Waals surface area (Å²) in [4.78, 5) is 13.8. The maximum atomic E-state index is 12.7. The minimum absolute atomic E-state index is 0.186. The van der Waals surface area contributed by atoms with E-state index in [4.69, 9.17) is 9.97 Å². The van der Waals surface area contributed by atoms with Crippen molar-refractivity contribution in [3.8, 4) is 5.75 Å². The average molecular weight is 538 g/mol. The molecule has 0 atom stereocenters. The molecular formula is C24H27BrF3N5O. The first-order valence-electron chi connectivity index (χ1n) is 11.1. The van der Waals surface area contributed by atoms with Crippen LogP contribution in [0, 0.1) is 5.92 Å². The smallest absolute Gasteiger partial charge is 0.405 e. The minimum Gasteiger partial charge on any atom is -0.405 e. The maximum absolute atomic E-state index is 12.7. The lowest BCUT2D eigenvalue weighted by molar-refractivity contribution is -0.274. The van der Waals surface area contributed by atoms with Gasteiger partial charge in [0.25, 0.3) is 0 Å². The third-order valence-electron chi connectivity index (χ3n) is 5.90. The fourth-order valence-electron chi connectivity index (χ4n) is 4.17. The number of hydrogen-bond acceptors (Lipinski definition) is 6. The number of anilines is 2. The average Bonchev–Trinajstić information content (AvgIpc) is 2.79. The normalized spacial score (nSPS) is 15.1. The summed E-state index contributed by atoms with van der Waals surface area (Å²) in [6.07, 6.45) is -2.82.